The summed E-state index contributed by atoms with van der Waals surface area (Å²) in [6, 6.07) is 14.6. The van der Waals surface area contributed by atoms with Gasteiger partial charge in [0.2, 0.25) is 0 Å². The highest BCUT2D eigenvalue weighted by Crippen LogP contribution is 2.24. The molecule has 0 aromatic heterocycles. The Kier molecular flexibility index (Phi) is 3.94. The van der Waals surface area contributed by atoms with E-state index >= 15 is 0 Å². The molecule has 4 heteroatoms. The zero-order chi connectivity index (χ0) is 12.3. The van der Waals surface area contributed by atoms with E-state index in [1.165, 1.54) is 0 Å². The first-order valence-corrected chi connectivity index (χ1v) is 5.97. The lowest BCUT2D eigenvalue weighted by molar-refractivity contribution is 0.208. The second kappa shape index (κ2) is 5.45. The van der Waals surface area contributed by atoms with Gasteiger partial charge in [0.05, 0.1) is 0 Å². The van der Waals surface area contributed by atoms with E-state index in [0.29, 0.717) is 10.6 Å². The molecule has 0 aliphatic rings. The Balaban J connectivity index is 2.14. The van der Waals surface area contributed by atoms with E-state index in [9.17, 15) is 5.11 Å². The third-order valence-electron chi connectivity index (χ3n) is 2.37. The Morgan fingerprint density at radius 1 is 1.06 bits per heavy atom. The molecular weight excluding hydrogens is 254 g/mol. The molecule has 2 aromatic rings. The zero-order valence-electron chi connectivity index (χ0n) is 8.97. The van der Waals surface area contributed by atoms with Crippen molar-refractivity contribution in [2.24, 2.45) is 0 Å². The maximum absolute atomic E-state index is 10.0. The quantitative estimate of drug-likeness (QED) is 0.584. The van der Waals surface area contributed by atoms with Crippen LogP contribution in [0, 0.1) is 0 Å². The van der Waals surface area contributed by atoms with Crippen LogP contribution in [0.1, 0.15) is 11.8 Å². The van der Waals surface area contributed by atoms with E-state index in [0.717, 1.165) is 10.6 Å². The van der Waals surface area contributed by atoms with E-state index in [-0.39, 0.29) is 0 Å². The van der Waals surface area contributed by atoms with Gasteiger partial charge in [0.1, 0.15) is 0 Å². The number of aliphatic hydroxyl groups is 1. The topological polar surface area (TPSA) is 32.3 Å². The van der Waals surface area contributed by atoms with Crippen LogP contribution in [-0.2, 0) is 0 Å². The number of hydrogen-bond acceptors (Lipinski definition) is 3. The highest BCUT2D eigenvalue weighted by Gasteiger charge is 2.10. The first-order valence-electron chi connectivity index (χ1n) is 5.15. The van der Waals surface area contributed by atoms with Crippen molar-refractivity contribution >= 4 is 29.9 Å². The predicted molar refractivity (Wildman–Crippen MR) is 73.7 cm³/mol. The first kappa shape index (κ1) is 12.3. The van der Waals surface area contributed by atoms with Gasteiger partial charge in [-0.1, -0.05) is 29.8 Å². The van der Waals surface area contributed by atoms with Crippen LogP contribution in [0.4, 0.5) is 5.69 Å². The fraction of sp³-hybridized carbons (Fsp3) is 0.0769. The lowest BCUT2D eigenvalue weighted by atomic mass is 10.2. The molecule has 2 nitrogen and oxygen atoms in total. The molecule has 1 atom stereocenters. The van der Waals surface area contributed by atoms with Crippen LogP contribution in [0.3, 0.4) is 0 Å². The van der Waals surface area contributed by atoms with Gasteiger partial charge in [0, 0.05) is 21.2 Å². The molecule has 0 fully saturated rings. The largest absolute Gasteiger partial charge is 0.369 e. The number of hydrogen-bond donors (Lipinski definition) is 3. The number of benzene rings is 2. The summed E-state index contributed by atoms with van der Waals surface area (Å²) >= 11 is 10.2. The molecule has 0 aliphatic heterocycles. The van der Waals surface area contributed by atoms with Gasteiger partial charge in [-0.25, -0.2) is 0 Å². The minimum absolute atomic E-state index is 0.540. The van der Waals surface area contributed by atoms with Crippen molar-refractivity contribution in [3.8, 4) is 0 Å². The van der Waals surface area contributed by atoms with Gasteiger partial charge in [0.15, 0.2) is 6.23 Å². The zero-order valence-corrected chi connectivity index (χ0v) is 10.6. The van der Waals surface area contributed by atoms with Crippen LogP contribution in [0.25, 0.3) is 0 Å². The van der Waals surface area contributed by atoms with Crippen molar-refractivity contribution in [2.45, 2.75) is 11.1 Å². The molecule has 17 heavy (non-hydrogen) atoms. The third kappa shape index (κ3) is 3.16. The molecule has 0 bridgehead atoms. The summed E-state index contributed by atoms with van der Waals surface area (Å²) in [6.45, 7) is 0. The van der Waals surface area contributed by atoms with Crippen molar-refractivity contribution in [1.29, 1.82) is 0 Å². The lowest BCUT2D eigenvalue weighted by Gasteiger charge is -2.15. The number of aliphatic hydroxyl groups excluding tert-OH is 1. The Labute approximate surface area is 111 Å². The van der Waals surface area contributed by atoms with Gasteiger partial charge in [0.25, 0.3) is 0 Å². The summed E-state index contributed by atoms with van der Waals surface area (Å²) in [4.78, 5) is 0.878. The minimum atomic E-state index is -0.825. The average molecular weight is 266 g/mol. The summed E-state index contributed by atoms with van der Waals surface area (Å²) in [6.07, 6.45) is -0.825. The standard InChI is InChI=1S/C13H12ClNOS/c14-12-4-2-1-3-11(12)13(16)15-9-5-7-10(17)8-6-9/h1-8,13,15-17H. The number of nitrogens with one attached hydrogen (secondary N) is 1. The highest BCUT2D eigenvalue weighted by molar-refractivity contribution is 7.80. The normalized spacial score (nSPS) is 12.2. The van der Waals surface area contributed by atoms with Gasteiger partial charge in [-0.3, -0.25) is 0 Å². The Morgan fingerprint density at radius 2 is 1.71 bits per heavy atom. The van der Waals surface area contributed by atoms with E-state index in [4.69, 9.17) is 11.6 Å². The van der Waals surface area contributed by atoms with E-state index in [1.54, 1.807) is 12.1 Å². The average Bonchev–Trinajstić information content (AvgIpc) is 2.32. The Hall–Kier alpha value is -1.16. The van der Waals surface area contributed by atoms with E-state index in [2.05, 4.69) is 17.9 Å². The molecule has 2 rings (SSSR count). The van der Waals surface area contributed by atoms with Gasteiger partial charge >= 0.3 is 0 Å². The van der Waals surface area contributed by atoms with Crippen molar-refractivity contribution in [3.63, 3.8) is 0 Å². The second-order valence-electron chi connectivity index (χ2n) is 3.62. The van der Waals surface area contributed by atoms with Gasteiger partial charge in [-0.15, -0.1) is 12.6 Å². The smallest absolute Gasteiger partial charge is 0.152 e. The number of thiol groups is 1. The molecule has 0 saturated heterocycles. The molecule has 2 N–H and O–H groups in total. The van der Waals surface area contributed by atoms with Crippen LogP contribution in [0.15, 0.2) is 53.4 Å². The molecule has 0 aliphatic carbocycles. The summed E-state index contributed by atoms with van der Waals surface area (Å²) in [7, 11) is 0. The van der Waals surface area contributed by atoms with Gasteiger partial charge < -0.3 is 10.4 Å². The maximum atomic E-state index is 10.0. The Bertz CT molecular complexity index is 501. The molecule has 2 aromatic carbocycles. The minimum Gasteiger partial charge on any atom is -0.369 e. The van der Waals surface area contributed by atoms with Crippen molar-refractivity contribution < 1.29 is 5.11 Å². The van der Waals surface area contributed by atoms with Crippen LogP contribution in [0.5, 0.6) is 0 Å². The second-order valence-corrected chi connectivity index (χ2v) is 4.54. The van der Waals surface area contributed by atoms with Crippen molar-refractivity contribution in [2.75, 3.05) is 5.32 Å². The lowest BCUT2D eigenvalue weighted by Crippen LogP contribution is -2.09. The Morgan fingerprint density at radius 3 is 2.35 bits per heavy atom. The molecule has 0 amide bonds. The van der Waals surface area contributed by atoms with Crippen LogP contribution < -0.4 is 5.32 Å². The predicted octanol–water partition coefficient (Wildman–Crippen LogP) is 3.73. The summed E-state index contributed by atoms with van der Waals surface area (Å²) < 4.78 is 0. The summed E-state index contributed by atoms with van der Waals surface area (Å²) in [5, 5.41) is 13.5. The molecular formula is C13H12ClNOS. The first-order chi connectivity index (χ1) is 8.16. The fourth-order valence-electron chi connectivity index (χ4n) is 1.49. The molecule has 0 saturated carbocycles. The molecule has 0 spiro atoms. The number of anilines is 1. The van der Waals surface area contributed by atoms with Crippen LogP contribution in [0.2, 0.25) is 5.02 Å². The molecule has 1 unspecified atom stereocenters. The van der Waals surface area contributed by atoms with E-state index < -0.39 is 6.23 Å². The van der Waals surface area contributed by atoms with Crippen molar-refractivity contribution in [1.82, 2.24) is 0 Å². The van der Waals surface area contributed by atoms with Gasteiger partial charge in [-0.05, 0) is 30.3 Å². The summed E-state index contributed by atoms with van der Waals surface area (Å²) in [5.74, 6) is 0. The number of halogens is 1. The summed E-state index contributed by atoms with van der Waals surface area (Å²) in [5.41, 5.74) is 1.47. The monoisotopic (exact) mass is 265 g/mol. The molecule has 0 radical (unpaired) electrons. The number of rotatable bonds is 3. The molecule has 0 heterocycles. The van der Waals surface area contributed by atoms with Crippen LogP contribution in [-0.4, -0.2) is 5.11 Å². The van der Waals surface area contributed by atoms with Crippen molar-refractivity contribution in [3.05, 3.63) is 59.1 Å². The van der Waals surface area contributed by atoms with E-state index in [1.807, 2.05) is 36.4 Å². The maximum Gasteiger partial charge on any atom is 0.152 e. The highest BCUT2D eigenvalue weighted by atomic mass is 35.5. The molecule has 88 valence electrons. The third-order valence-corrected chi connectivity index (χ3v) is 3.01. The van der Waals surface area contributed by atoms with Crippen LogP contribution >= 0.6 is 24.2 Å². The SMILES string of the molecule is OC(Nc1ccc(S)cc1)c1ccccc1Cl. The fourth-order valence-corrected chi connectivity index (χ4v) is 1.88. The van der Waals surface area contributed by atoms with Gasteiger partial charge in [-0.2, -0.15) is 0 Å².